The van der Waals surface area contributed by atoms with Crippen LogP contribution in [0.3, 0.4) is 0 Å². The molecule has 0 saturated carbocycles. The van der Waals surface area contributed by atoms with Crippen LogP contribution in [-0.4, -0.2) is 42.1 Å². The van der Waals surface area contributed by atoms with E-state index >= 15 is 0 Å². The third-order valence-electron chi connectivity index (χ3n) is 5.94. The average Bonchev–Trinajstić information content (AvgIpc) is 3.57. The van der Waals surface area contributed by atoms with Crippen molar-refractivity contribution in [2.24, 2.45) is 0 Å². The number of methoxy groups -OCH3 is 1. The molecule has 1 aliphatic heterocycles. The van der Waals surface area contributed by atoms with Crippen molar-refractivity contribution >= 4 is 11.6 Å². The van der Waals surface area contributed by atoms with Crippen molar-refractivity contribution in [2.75, 3.05) is 25.6 Å². The smallest absolute Gasteiger partial charge is 0.221 e. The van der Waals surface area contributed by atoms with E-state index in [-0.39, 0.29) is 12.0 Å². The fraction of sp³-hybridized carbons (Fsp3) is 0.214. The number of ether oxygens (including phenoxy) is 3. The average molecular weight is 470 g/mol. The number of hydrogen-bond donors (Lipinski definition) is 1. The molecule has 3 aromatic carbocycles. The maximum Gasteiger partial charge on any atom is 0.221 e. The van der Waals surface area contributed by atoms with E-state index in [2.05, 4.69) is 10.4 Å². The number of nitrogens with zero attached hydrogens (tertiary/aromatic N) is 2. The fourth-order valence-electron chi connectivity index (χ4n) is 4.26. The van der Waals surface area contributed by atoms with Crippen molar-refractivity contribution in [1.82, 2.24) is 9.78 Å². The predicted molar refractivity (Wildman–Crippen MR) is 135 cm³/mol. The van der Waals surface area contributed by atoms with Gasteiger partial charge in [-0.1, -0.05) is 30.3 Å². The molecular weight excluding hydrogens is 442 g/mol. The molecule has 1 atom stereocenters. The number of nitrogens with one attached hydrogen (secondary N) is 1. The summed E-state index contributed by atoms with van der Waals surface area (Å²) >= 11 is 0. The van der Waals surface area contributed by atoms with Gasteiger partial charge in [-0.25, -0.2) is 4.68 Å². The zero-order chi connectivity index (χ0) is 24.2. The van der Waals surface area contributed by atoms with Gasteiger partial charge in [0.1, 0.15) is 6.10 Å². The number of carbonyl (C=O) groups excluding carboxylic acids is 1. The second-order valence-electron chi connectivity index (χ2n) is 8.37. The molecule has 178 valence electrons. The first kappa shape index (κ1) is 22.7. The van der Waals surface area contributed by atoms with Gasteiger partial charge in [0.15, 0.2) is 11.5 Å². The van der Waals surface area contributed by atoms with Crippen molar-refractivity contribution in [3.63, 3.8) is 0 Å². The molecule has 1 aromatic heterocycles. The van der Waals surface area contributed by atoms with Crippen molar-refractivity contribution in [3.05, 3.63) is 79.0 Å². The summed E-state index contributed by atoms with van der Waals surface area (Å²) in [5.74, 6) is 1.28. The maximum absolute atomic E-state index is 11.6. The van der Waals surface area contributed by atoms with Crippen molar-refractivity contribution in [1.29, 1.82) is 0 Å². The first-order valence-electron chi connectivity index (χ1n) is 11.6. The summed E-state index contributed by atoms with van der Waals surface area (Å²) in [4.78, 5) is 11.6. The Bertz CT molecular complexity index is 1320. The minimum atomic E-state index is -0.0986. The van der Waals surface area contributed by atoms with E-state index in [1.54, 1.807) is 13.3 Å². The van der Waals surface area contributed by atoms with Crippen LogP contribution >= 0.6 is 0 Å². The van der Waals surface area contributed by atoms with Crippen molar-refractivity contribution in [2.45, 2.75) is 19.4 Å². The highest BCUT2D eigenvalue weighted by molar-refractivity contribution is 5.94. The van der Waals surface area contributed by atoms with Gasteiger partial charge in [-0.3, -0.25) is 4.79 Å². The van der Waals surface area contributed by atoms with Crippen LogP contribution in [-0.2, 0) is 9.53 Å². The Morgan fingerprint density at radius 1 is 1.03 bits per heavy atom. The lowest BCUT2D eigenvalue weighted by atomic mass is 10.0. The molecule has 5 rings (SSSR count). The number of benzene rings is 3. The highest BCUT2D eigenvalue weighted by atomic mass is 16.6. The second kappa shape index (κ2) is 10.0. The van der Waals surface area contributed by atoms with Crippen LogP contribution in [0.25, 0.3) is 28.1 Å². The first-order valence-corrected chi connectivity index (χ1v) is 11.6. The van der Waals surface area contributed by atoms with Gasteiger partial charge >= 0.3 is 0 Å². The van der Waals surface area contributed by atoms with Gasteiger partial charge in [-0.05, 0) is 48.0 Å². The van der Waals surface area contributed by atoms with Crippen molar-refractivity contribution in [3.8, 4) is 39.6 Å². The summed E-state index contributed by atoms with van der Waals surface area (Å²) in [7, 11) is 1.64. The molecule has 1 aliphatic rings. The van der Waals surface area contributed by atoms with E-state index in [4.69, 9.17) is 14.2 Å². The topological polar surface area (TPSA) is 74.6 Å². The minimum Gasteiger partial charge on any atom is -0.493 e. The molecule has 7 heteroatoms. The Hall–Kier alpha value is -4.10. The molecule has 4 aromatic rings. The lowest BCUT2D eigenvalue weighted by molar-refractivity contribution is -0.114. The van der Waals surface area contributed by atoms with Gasteiger partial charge in [0.05, 0.1) is 37.9 Å². The van der Waals surface area contributed by atoms with Crippen molar-refractivity contribution < 1.29 is 19.0 Å². The van der Waals surface area contributed by atoms with Gasteiger partial charge < -0.3 is 19.5 Å². The zero-order valence-electron chi connectivity index (χ0n) is 19.7. The second-order valence-corrected chi connectivity index (χ2v) is 8.37. The maximum atomic E-state index is 11.6. The highest BCUT2D eigenvalue weighted by Crippen LogP contribution is 2.35. The number of aromatic nitrogens is 2. The highest BCUT2D eigenvalue weighted by Gasteiger charge is 2.20. The molecule has 1 amide bonds. The first-order chi connectivity index (χ1) is 17.1. The summed E-state index contributed by atoms with van der Waals surface area (Å²) in [6.45, 7) is 2.81. The molecule has 1 fully saturated rings. The van der Waals surface area contributed by atoms with Crippen LogP contribution in [0.4, 0.5) is 5.69 Å². The molecule has 1 unspecified atom stereocenters. The largest absolute Gasteiger partial charge is 0.493 e. The third-order valence-corrected chi connectivity index (χ3v) is 5.94. The van der Waals surface area contributed by atoms with Crippen LogP contribution in [0.15, 0.2) is 79.0 Å². The molecule has 1 N–H and O–H groups in total. The number of hydrogen-bond acceptors (Lipinski definition) is 5. The van der Waals surface area contributed by atoms with Crippen LogP contribution in [0.5, 0.6) is 11.5 Å². The minimum absolute atomic E-state index is 0.0250. The summed E-state index contributed by atoms with van der Waals surface area (Å²) in [6, 6.07) is 23.8. The summed E-state index contributed by atoms with van der Waals surface area (Å²) < 4.78 is 19.0. The lowest BCUT2D eigenvalue weighted by Gasteiger charge is -2.16. The van der Waals surface area contributed by atoms with E-state index in [1.165, 1.54) is 6.92 Å². The zero-order valence-corrected chi connectivity index (χ0v) is 19.7. The van der Waals surface area contributed by atoms with Gasteiger partial charge in [-0.15, -0.1) is 0 Å². The number of anilines is 1. The molecule has 2 heterocycles. The van der Waals surface area contributed by atoms with Gasteiger partial charge in [-0.2, -0.15) is 5.10 Å². The monoisotopic (exact) mass is 469 g/mol. The van der Waals surface area contributed by atoms with E-state index in [0.29, 0.717) is 24.7 Å². The molecule has 1 saturated heterocycles. The van der Waals surface area contributed by atoms with Crippen LogP contribution < -0.4 is 14.8 Å². The molecule has 7 nitrogen and oxygen atoms in total. The van der Waals surface area contributed by atoms with E-state index < -0.39 is 0 Å². The van der Waals surface area contributed by atoms with Crippen LogP contribution in [0.1, 0.15) is 13.3 Å². The Labute approximate surface area is 204 Å². The number of rotatable bonds is 7. The standard InChI is InChI=1S/C28H27N3O4/c1-19(32)30-25-6-4-3-5-24(25)20-7-10-22(11-8-20)31-26(13-15-29-31)21-9-12-27(33-2)28(17-21)35-23-14-16-34-18-23/h3-13,15,17,23H,14,16,18H2,1-2H3,(H,30,32). The summed E-state index contributed by atoms with van der Waals surface area (Å²) in [5, 5.41) is 7.46. The van der Waals surface area contributed by atoms with Gasteiger partial charge in [0.2, 0.25) is 5.91 Å². The fourth-order valence-corrected chi connectivity index (χ4v) is 4.26. The Balaban J connectivity index is 1.45. The predicted octanol–water partition coefficient (Wildman–Crippen LogP) is 5.34. The molecule has 35 heavy (non-hydrogen) atoms. The molecule has 0 aliphatic carbocycles. The Morgan fingerprint density at radius 3 is 2.57 bits per heavy atom. The summed E-state index contributed by atoms with van der Waals surface area (Å²) in [6.07, 6.45) is 2.67. The normalized spacial score (nSPS) is 15.1. The van der Waals surface area contributed by atoms with Gasteiger partial charge in [0.25, 0.3) is 0 Å². The molecular formula is C28H27N3O4. The molecule has 0 spiro atoms. The molecule has 0 radical (unpaired) electrons. The summed E-state index contributed by atoms with van der Waals surface area (Å²) in [5.41, 5.74) is 5.58. The lowest BCUT2D eigenvalue weighted by Crippen LogP contribution is -2.16. The van der Waals surface area contributed by atoms with E-state index in [9.17, 15) is 4.79 Å². The third kappa shape index (κ3) is 4.90. The number of para-hydroxylation sites is 1. The number of carbonyl (C=O) groups is 1. The molecule has 0 bridgehead atoms. The Morgan fingerprint density at radius 2 is 1.83 bits per heavy atom. The number of amides is 1. The van der Waals surface area contributed by atoms with Crippen LogP contribution in [0, 0.1) is 0 Å². The van der Waals surface area contributed by atoms with Crippen LogP contribution in [0.2, 0.25) is 0 Å². The van der Waals surface area contributed by atoms with E-state index in [0.717, 1.165) is 40.2 Å². The quantitative estimate of drug-likeness (QED) is 0.395. The van der Waals surface area contributed by atoms with E-state index in [1.807, 2.05) is 77.5 Å². The van der Waals surface area contributed by atoms with Gasteiger partial charge in [0, 0.05) is 30.2 Å². The SMILES string of the molecule is COc1ccc(-c2ccnn2-c2ccc(-c3ccccc3NC(C)=O)cc2)cc1OC1CCOC1. The Kier molecular flexibility index (Phi) is 6.50.